The van der Waals surface area contributed by atoms with Gasteiger partial charge in [0, 0.05) is 12.8 Å². The van der Waals surface area contributed by atoms with Gasteiger partial charge < -0.3 is 24.2 Å². The second-order valence-electron chi connectivity index (χ2n) is 10.3. The number of nitrogens with zero attached hydrogens (tertiary/aromatic N) is 3. The summed E-state index contributed by atoms with van der Waals surface area (Å²) in [6, 6.07) is 1.94. The van der Waals surface area contributed by atoms with E-state index < -0.39 is 14.1 Å². The molecular formula is C22H34N4O3Si. The maximum Gasteiger partial charge on any atom is 0.191 e. The summed E-state index contributed by atoms with van der Waals surface area (Å²) in [6.45, 7) is 16.0. The summed E-state index contributed by atoms with van der Waals surface area (Å²) in [5.74, 6) is -0.179. The molecule has 7 nitrogen and oxygen atoms in total. The lowest BCUT2D eigenvalue weighted by atomic mass is 10.1. The Bertz CT molecular complexity index is 976. The Hall–Kier alpha value is -1.74. The largest absolute Gasteiger partial charge is 0.417 e. The van der Waals surface area contributed by atoms with Crippen molar-refractivity contribution in [3.05, 3.63) is 30.2 Å². The smallest absolute Gasteiger partial charge is 0.191 e. The van der Waals surface area contributed by atoms with Crippen molar-refractivity contribution in [3.63, 3.8) is 0 Å². The van der Waals surface area contributed by atoms with E-state index in [4.69, 9.17) is 19.6 Å². The van der Waals surface area contributed by atoms with E-state index in [0.29, 0.717) is 12.4 Å². The molecule has 0 amide bonds. The molecule has 1 aliphatic carbocycles. The number of fused-ring (bicyclic) bond motifs is 2. The van der Waals surface area contributed by atoms with Gasteiger partial charge in [-0.3, -0.25) is 0 Å². The molecule has 0 saturated carbocycles. The first-order valence-electron chi connectivity index (χ1n) is 10.7. The Kier molecular flexibility index (Phi) is 5.12. The van der Waals surface area contributed by atoms with E-state index in [2.05, 4.69) is 54.5 Å². The second kappa shape index (κ2) is 7.15. The van der Waals surface area contributed by atoms with E-state index in [0.717, 1.165) is 17.5 Å². The number of nitrogen functional groups attached to an aromatic ring is 1. The molecule has 3 heterocycles. The van der Waals surface area contributed by atoms with E-state index in [9.17, 15) is 0 Å². The molecule has 0 aromatic carbocycles. The summed E-state index contributed by atoms with van der Waals surface area (Å²) in [6.07, 6.45) is 6.46. The average molecular weight is 431 g/mol. The van der Waals surface area contributed by atoms with Crippen LogP contribution in [0.25, 0.3) is 11.0 Å². The molecular weight excluding hydrogens is 396 g/mol. The summed E-state index contributed by atoms with van der Waals surface area (Å²) in [4.78, 5) is 8.64. The zero-order chi connectivity index (χ0) is 21.9. The van der Waals surface area contributed by atoms with Crippen molar-refractivity contribution in [2.45, 2.75) is 83.2 Å². The molecule has 0 spiro atoms. The predicted octanol–water partition coefficient (Wildman–Crippen LogP) is 4.43. The van der Waals surface area contributed by atoms with E-state index >= 15 is 0 Å². The standard InChI is InChI=1S/C22H34N4O3Si/c1-21(2,3)30(6,7)27-11-9-14-12-16(19-18(14)28-22(4,5)29-19)26-13-25-17-15(26)8-10-24-20(17)23/h8,10,12-13,16,18-19H,9,11H2,1-7H3,(H2,23,24)/t16-,18-,19+/m1/s1. The number of pyridine rings is 1. The van der Waals surface area contributed by atoms with Crippen LogP contribution < -0.4 is 5.73 Å². The lowest BCUT2D eigenvalue weighted by Gasteiger charge is -2.36. The van der Waals surface area contributed by atoms with Crippen molar-refractivity contribution >= 4 is 25.2 Å². The number of nitrogens with two attached hydrogens (primary N) is 1. The topological polar surface area (TPSA) is 84.4 Å². The van der Waals surface area contributed by atoms with Gasteiger partial charge in [-0.05, 0) is 50.0 Å². The fourth-order valence-corrected chi connectivity index (χ4v) is 5.10. The van der Waals surface area contributed by atoms with Gasteiger partial charge in [0.05, 0.1) is 17.9 Å². The number of rotatable bonds is 5. The van der Waals surface area contributed by atoms with Crippen molar-refractivity contribution in [2.24, 2.45) is 0 Å². The molecule has 2 aromatic heterocycles. The van der Waals surface area contributed by atoms with E-state index in [-0.39, 0.29) is 23.3 Å². The third-order valence-corrected chi connectivity index (χ3v) is 11.3. The number of hydrogen-bond acceptors (Lipinski definition) is 6. The minimum Gasteiger partial charge on any atom is -0.417 e. The molecule has 164 valence electrons. The zero-order valence-corrected chi connectivity index (χ0v) is 20.1. The monoisotopic (exact) mass is 430 g/mol. The van der Waals surface area contributed by atoms with Gasteiger partial charge in [-0.15, -0.1) is 0 Å². The van der Waals surface area contributed by atoms with Crippen molar-refractivity contribution in [1.29, 1.82) is 0 Å². The van der Waals surface area contributed by atoms with Crippen LogP contribution in [-0.2, 0) is 13.9 Å². The van der Waals surface area contributed by atoms with Crippen LogP contribution in [0.1, 0.15) is 47.1 Å². The molecule has 0 bridgehead atoms. The van der Waals surface area contributed by atoms with Gasteiger partial charge in [0.25, 0.3) is 0 Å². The van der Waals surface area contributed by atoms with Crippen LogP contribution in [0.15, 0.2) is 30.2 Å². The number of aromatic nitrogens is 3. The van der Waals surface area contributed by atoms with Crippen LogP contribution in [0.5, 0.6) is 0 Å². The Morgan fingerprint density at radius 1 is 1.23 bits per heavy atom. The van der Waals surface area contributed by atoms with Gasteiger partial charge in [-0.1, -0.05) is 26.8 Å². The molecule has 1 aliphatic heterocycles. The van der Waals surface area contributed by atoms with Crippen LogP contribution in [0, 0.1) is 0 Å². The molecule has 4 rings (SSSR count). The van der Waals surface area contributed by atoms with Gasteiger partial charge in [0.2, 0.25) is 0 Å². The Morgan fingerprint density at radius 3 is 2.67 bits per heavy atom. The molecule has 1 saturated heterocycles. The minimum atomic E-state index is -1.79. The predicted molar refractivity (Wildman–Crippen MR) is 121 cm³/mol. The van der Waals surface area contributed by atoms with Crippen LogP contribution in [0.4, 0.5) is 5.82 Å². The quantitative estimate of drug-likeness (QED) is 0.558. The maximum absolute atomic E-state index is 6.43. The number of imidazole rings is 1. The third kappa shape index (κ3) is 3.70. The summed E-state index contributed by atoms with van der Waals surface area (Å²) >= 11 is 0. The molecule has 0 radical (unpaired) electrons. The molecule has 8 heteroatoms. The lowest BCUT2D eigenvalue weighted by molar-refractivity contribution is -0.148. The average Bonchev–Trinajstić information content (AvgIpc) is 3.26. The molecule has 2 aromatic rings. The van der Waals surface area contributed by atoms with Gasteiger partial charge in [-0.2, -0.15) is 0 Å². The van der Waals surface area contributed by atoms with Crippen LogP contribution in [0.2, 0.25) is 18.1 Å². The normalized spacial score (nSPS) is 26.2. The highest BCUT2D eigenvalue weighted by Crippen LogP contribution is 2.45. The summed E-state index contributed by atoms with van der Waals surface area (Å²) in [5, 5.41) is 0.195. The fourth-order valence-electron chi connectivity index (χ4n) is 4.06. The molecule has 3 atom stereocenters. The summed E-state index contributed by atoms with van der Waals surface area (Å²) in [5.41, 5.74) is 8.92. The number of ether oxygens (including phenoxy) is 2. The fraction of sp³-hybridized carbons (Fsp3) is 0.636. The first kappa shape index (κ1) is 21.5. The van der Waals surface area contributed by atoms with E-state index in [1.807, 2.05) is 26.2 Å². The number of hydrogen-bond donors (Lipinski definition) is 1. The minimum absolute atomic E-state index is 0.00792. The highest BCUT2D eigenvalue weighted by atomic mass is 28.4. The lowest BCUT2D eigenvalue weighted by Crippen LogP contribution is -2.41. The maximum atomic E-state index is 6.43. The first-order chi connectivity index (χ1) is 13.9. The van der Waals surface area contributed by atoms with Crippen molar-refractivity contribution in [3.8, 4) is 0 Å². The van der Waals surface area contributed by atoms with E-state index in [1.165, 1.54) is 5.57 Å². The Balaban J connectivity index is 1.60. The summed E-state index contributed by atoms with van der Waals surface area (Å²) in [7, 11) is -1.79. The van der Waals surface area contributed by atoms with Gasteiger partial charge in [0.15, 0.2) is 19.9 Å². The number of anilines is 1. The van der Waals surface area contributed by atoms with Crippen molar-refractivity contribution in [2.75, 3.05) is 12.3 Å². The molecule has 0 unspecified atom stereocenters. The highest BCUT2D eigenvalue weighted by molar-refractivity contribution is 6.74. The highest BCUT2D eigenvalue weighted by Gasteiger charge is 2.50. The Labute approximate surface area is 179 Å². The SMILES string of the molecule is CC1(C)O[C@@H]2[C@H](O1)C(CCO[Si](C)(C)C(C)(C)C)=C[C@H]2n1cnc2c(N)nccc21. The molecule has 30 heavy (non-hydrogen) atoms. The van der Waals surface area contributed by atoms with Gasteiger partial charge in [0.1, 0.15) is 17.7 Å². The van der Waals surface area contributed by atoms with Gasteiger partial charge in [-0.25, -0.2) is 9.97 Å². The van der Waals surface area contributed by atoms with Gasteiger partial charge >= 0.3 is 0 Å². The van der Waals surface area contributed by atoms with Crippen molar-refractivity contribution < 1.29 is 13.9 Å². The van der Waals surface area contributed by atoms with Crippen LogP contribution in [0.3, 0.4) is 0 Å². The molecule has 2 N–H and O–H groups in total. The first-order valence-corrected chi connectivity index (χ1v) is 13.6. The third-order valence-electron chi connectivity index (χ3n) is 6.72. The Morgan fingerprint density at radius 2 is 1.97 bits per heavy atom. The zero-order valence-electron chi connectivity index (χ0n) is 19.1. The van der Waals surface area contributed by atoms with E-state index in [1.54, 1.807) is 6.20 Å². The van der Waals surface area contributed by atoms with Crippen molar-refractivity contribution in [1.82, 2.24) is 14.5 Å². The molecule has 1 fully saturated rings. The van der Waals surface area contributed by atoms with Crippen LogP contribution in [-0.4, -0.2) is 47.5 Å². The summed E-state index contributed by atoms with van der Waals surface area (Å²) < 4.78 is 21.2. The second-order valence-corrected chi connectivity index (χ2v) is 15.1. The van der Waals surface area contributed by atoms with Crippen LogP contribution >= 0.6 is 0 Å². The molecule has 2 aliphatic rings.